The lowest BCUT2D eigenvalue weighted by molar-refractivity contribution is -0.385. The smallest absolute Gasteiger partial charge is 0.387 e. The minimum absolute atomic E-state index is 0.233. The van der Waals surface area contributed by atoms with E-state index in [0.717, 1.165) is 24.9 Å². The average molecular weight is 401 g/mol. The van der Waals surface area contributed by atoms with Crippen molar-refractivity contribution in [1.82, 2.24) is 4.98 Å². The molecule has 0 spiro atoms. The van der Waals surface area contributed by atoms with Gasteiger partial charge in [0.15, 0.2) is 16.6 Å². The van der Waals surface area contributed by atoms with Gasteiger partial charge in [0.05, 0.1) is 23.8 Å². The number of benzene rings is 1. The van der Waals surface area contributed by atoms with Crippen LogP contribution in [0.5, 0.6) is 11.5 Å². The van der Waals surface area contributed by atoms with Gasteiger partial charge in [-0.25, -0.2) is 4.98 Å². The Hall–Kier alpha value is -2.82. The summed E-state index contributed by atoms with van der Waals surface area (Å²) in [5, 5.41) is 15.8. The third-order valence-electron chi connectivity index (χ3n) is 3.43. The quantitative estimate of drug-likeness (QED) is 0.574. The Morgan fingerprint density at radius 1 is 1.33 bits per heavy atom. The van der Waals surface area contributed by atoms with E-state index < -0.39 is 28.9 Å². The number of ether oxygens (including phenoxy) is 2. The van der Waals surface area contributed by atoms with Crippen LogP contribution in [0.15, 0.2) is 17.5 Å². The first-order chi connectivity index (χ1) is 12.5. The van der Waals surface area contributed by atoms with Gasteiger partial charge < -0.3 is 9.47 Å². The first kappa shape index (κ1) is 20.5. The second kappa shape index (κ2) is 7.82. The molecule has 8 nitrogen and oxygen atoms in total. The van der Waals surface area contributed by atoms with Crippen molar-refractivity contribution >= 4 is 28.1 Å². The Kier molecular flexibility index (Phi) is 5.94. The van der Waals surface area contributed by atoms with E-state index in [9.17, 15) is 23.7 Å². The van der Waals surface area contributed by atoms with Gasteiger partial charge in [-0.15, -0.1) is 11.3 Å². The molecule has 2 rings (SSSR count). The Bertz CT molecular complexity index is 864. The van der Waals surface area contributed by atoms with Crippen LogP contribution >= 0.6 is 11.3 Å². The molecule has 0 aliphatic rings. The van der Waals surface area contributed by atoms with Gasteiger partial charge in [-0.3, -0.25) is 20.2 Å². The molecule has 0 radical (unpaired) electrons. The van der Waals surface area contributed by atoms with E-state index in [1.165, 1.54) is 11.3 Å². The van der Waals surface area contributed by atoms with Gasteiger partial charge in [0.1, 0.15) is 5.56 Å². The largest absolute Gasteiger partial charge is 0.493 e. The van der Waals surface area contributed by atoms with Crippen molar-refractivity contribution in [2.75, 3.05) is 12.4 Å². The van der Waals surface area contributed by atoms with E-state index in [0.29, 0.717) is 0 Å². The number of anilines is 1. The number of nitrogens with zero attached hydrogens (tertiary/aromatic N) is 2. The number of rotatable bonds is 6. The van der Waals surface area contributed by atoms with Crippen LogP contribution in [0.25, 0.3) is 0 Å². The summed E-state index contributed by atoms with van der Waals surface area (Å²) in [4.78, 5) is 27.2. The zero-order chi connectivity index (χ0) is 20.4. The van der Waals surface area contributed by atoms with Crippen LogP contribution in [0.4, 0.5) is 19.6 Å². The van der Waals surface area contributed by atoms with Gasteiger partial charge in [0.25, 0.3) is 11.6 Å². The van der Waals surface area contributed by atoms with Gasteiger partial charge in [-0.2, -0.15) is 8.78 Å². The van der Waals surface area contributed by atoms with E-state index in [1.54, 1.807) is 5.38 Å². The van der Waals surface area contributed by atoms with E-state index >= 15 is 0 Å². The average Bonchev–Trinajstić information content (AvgIpc) is 3.02. The molecule has 0 aliphatic heterocycles. The second-order valence-electron chi connectivity index (χ2n) is 6.40. The van der Waals surface area contributed by atoms with Crippen molar-refractivity contribution in [3.8, 4) is 11.5 Å². The van der Waals surface area contributed by atoms with Crippen LogP contribution in [-0.4, -0.2) is 29.5 Å². The summed E-state index contributed by atoms with van der Waals surface area (Å²) in [6.45, 7) is 2.64. The monoisotopic (exact) mass is 401 g/mol. The number of aromatic nitrogens is 1. The van der Waals surface area contributed by atoms with Crippen LogP contribution in [0.2, 0.25) is 0 Å². The SMILES string of the molecule is COc1cc(C(=O)Nc2nc(C(C)(C)C)cs2)c([N+](=O)[O-])cc1OC(F)F. The highest BCUT2D eigenvalue weighted by atomic mass is 32.1. The van der Waals surface area contributed by atoms with Gasteiger partial charge in [0.2, 0.25) is 0 Å². The Morgan fingerprint density at radius 2 is 2.00 bits per heavy atom. The van der Waals surface area contributed by atoms with Crippen LogP contribution in [0.3, 0.4) is 0 Å². The molecule has 0 saturated heterocycles. The number of nitro groups is 1. The molecule has 1 heterocycles. The maximum Gasteiger partial charge on any atom is 0.387 e. The number of carbonyl (C=O) groups is 1. The van der Waals surface area contributed by atoms with Gasteiger partial charge in [0, 0.05) is 16.9 Å². The van der Waals surface area contributed by atoms with E-state index in [2.05, 4.69) is 15.0 Å². The van der Waals surface area contributed by atoms with Gasteiger partial charge in [-0.1, -0.05) is 20.8 Å². The van der Waals surface area contributed by atoms with Crippen molar-refractivity contribution < 1.29 is 28.0 Å². The Balaban J connectivity index is 2.39. The summed E-state index contributed by atoms with van der Waals surface area (Å²) < 4.78 is 34.1. The standard InChI is InChI=1S/C16H17F2N3O5S/c1-16(2,3)12-7-27-15(19-12)20-13(22)8-5-10(25-4)11(26-14(17)18)6-9(8)21(23)24/h5-7,14H,1-4H3,(H,19,20,22). The third kappa shape index (κ3) is 4.88. The molecule has 11 heteroatoms. The van der Waals surface area contributed by atoms with Crippen LogP contribution in [-0.2, 0) is 5.41 Å². The summed E-state index contributed by atoms with van der Waals surface area (Å²) >= 11 is 1.17. The van der Waals surface area contributed by atoms with Crippen molar-refractivity contribution in [2.45, 2.75) is 32.8 Å². The molecular formula is C16H17F2N3O5S. The summed E-state index contributed by atoms with van der Waals surface area (Å²) in [5.74, 6) is -1.60. The lowest BCUT2D eigenvalue weighted by atomic mass is 9.93. The normalized spacial score (nSPS) is 11.4. The lowest BCUT2D eigenvalue weighted by Gasteiger charge is -2.14. The van der Waals surface area contributed by atoms with Crippen LogP contribution in [0, 0.1) is 10.1 Å². The minimum atomic E-state index is -3.20. The van der Waals surface area contributed by atoms with Gasteiger partial charge in [-0.05, 0) is 0 Å². The lowest BCUT2D eigenvalue weighted by Crippen LogP contribution is -2.16. The molecule has 0 atom stereocenters. The predicted molar refractivity (Wildman–Crippen MR) is 95.0 cm³/mol. The molecule has 1 aromatic carbocycles. The maximum absolute atomic E-state index is 12.5. The third-order valence-corrected chi connectivity index (χ3v) is 4.19. The zero-order valence-electron chi connectivity index (χ0n) is 14.9. The number of hydrogen-bond acceptors (Lipinski definition) is 7. The van der Waals surface area contributed by atoms with Gasteiger partial charge >= 0.3 is 6.61 Å². The molecule has 146 valence electrons. The summed E-state index contributed by atoms with van der Waals surface area (Å²) in [6.07, 6.45) is 0. The second-order valence-corrected chi connectivity index (χ2v) is 7.26. The van der Waals surface area contributed by atoms with Crippen molar-refractivity contribution in [3.63, 3.8) is 0 Å². The fraction of sp³-hybridized carbons (Fsp3) is 0.375. The number of nitro benzene ring substituents is 1. The molecule has 1 aromatic heterocycles. The Morgan fingerprint density at radius 3 is 2.48 bits per heavy atom. The molecule has 0 saturated carbocycles. The molecule has 0 fully saturated rings. The number of thiazole rings is 1. The van der Waals surface area contributed by atoms with Crippen LogP contribution in [0.1, 0.15) is 36.8 Å². The predicted octanol–water partition coefficient (Wildman–Crippen LogP) is 4.21. The number of alkyl halides is 2. The highest BCUT2D eigenvalue weighted by molar-refractivity contribution is 7.14. The number of methoxy groups -OCH3 is 1. The summed E-state index contributed by atoms with van der Waals surface area (Å²) in [6, 6.07) is 1.70. The highest BCUT2D eigenvalue weighted by Crippen LogP contribution is 2.36. The molecule has 1 amide bonds. The number of amides is 1. The zero-order valence-corrected chi connectivity index (χ0v) is 15.7. The topological polar surface area (TPSA) is 104 Å². The van der Waals surface area contributed by atoms with E-state index in [4.69, 9.17) is 4.74 Å². The summed E-state index contributed by atoms with van der Waals surface area (Å²) in [7, 11) is 1.16. The minimum Gasteiger partial charge on any atom is -0.493 e. The number of halogens is 2. The molecule has 27 heavy (non-hydrogen) atoms. The fourth-order valence-electron chi connectivity index (χ4n) is 2.07. The first-order valence-corrected chi connectivity index (χ1v) is 8.49. The van der Waals surface area contributed by atoms with E-state index in [1.807, 2.05) is 20.8 Å². The molecule has 2 aromatic rings. The van der Waals surface area contributed by atoms with Crippen LogP contribution < -0.4 is 14.8 Å². The number of hydrogen-bond donors (Lipinski definition) is 1. The number of carbonyl (C=O) groups excluding carboxylic acids is 1. The molecule has 0 bridgehead atoms. The molecular weight excluding hydrogens is 384 g/mol. The van der Waals surface area contributed by atoms with Crippen molar-refractivity contribution in [1.29, 1.82) is 0 Å². The number of nitrogens with one attached hydrogen (secondary N) is 1. The fourth-order valence-corrected chi connectivity index (χ4v) is 3.00. The molecule has 1 N–H and O–H groups in total. The highest BCUT2D eigenvalue weighted by Gasteiger charge is 2.27. The summed E-state index contributed by atoms with van der Waals surface area (Å²) in [5.41, 5.74) is -0.554. The van der Waals surface area contributed by atoms with Crippen molar-refractivity contribution in [3.05, 3.63) is 38.9 Å². The molecule has 0 aliphatic carbocycles. The Labute approximate surface area is 157 Å². The maximum atomic E-state index is 12.5. The first-order valence-electron chi connectivity index (χ1n) is 7.61. The van der Waals surface area contributed by atoms with Crippen molar-refractivity contribution in [2.24, 2.45) is 0 Å². The molecule has 0 unspecified atom stereocenters. The van der Waals surface area contributed by atoms with E-state index in [-0.39, 0.29) is 21.9 Å².